The lowest BCUT2D eigenvalue weighted by Gasteiger charge is -2.35. The highest BCUT2D eigenvalue weighted by molar-refractivity contribution is 6.30. The summed E-state index contributed by atoms with van der Waals surface area (Å²) < 4.78 is 28.1. The maximum absolute atomic E-state index is 14.1. The first kappa shape index (κ1) is 25.4. The maximum atomic E-state index is 14.1. The topological polar surface area (TPSA) is 59.6 Å². The van der Waals surface area contributed by atoms with Crippen molar-refractivity contribution in [1.82, 2.24) is 5.32 Å². The molecule has 0 fully saturated rings. The zero-order valence-corrected chi connectivity index (χ0v) is 20.1. The standard InChI is InChI=1S/C28H26ClF2N3/c1-18(34-27(28(2,3)17-33)22-13-24(30)15-25(31)14-22)26(12-19-7-9-23(29)10-8-19)21-6-4-5-20(11-21)16-32/h4-11,13-15,18,26-27,34H,12H2,1-3H3/t18?,26?,27-/m0/s1. The smallest absolute Gasteiger partial charge is 0.126 e. The van der Waals surface area contributed by atoms with E-state index in [2.05, 4.69) is 17.5 Å². The highest BCUT2D eigenvalue weighted by atomic mass is 35.5. The molecule has 6 heteroatoms. The minimum atomic E-state index is -0.951. The first-order valence-corrected chi connectivity index (χ1v) is 11.4. The Hall–Kier alpha value is -3.25. The van der Waals surface area contributed by atoms with Crippen LogP contribution < -0.4 is 5.32 Å². The van der Waals surface area contributed by atoms with Crippen LogP contribution in [0.2, 0.25) is 5.02 Å². The maximum Gasteiger partial charge on any atom is 0.126 e. The molecule has 0 saturated carbocycles. The number of nitrogens with one attached hydrogen (secondary N) is 1. The van der Waals surface area contributed by atoms with Crippen molar-refractivity contribution in [2.75, 3.05) is 0 Å². The molecule has 0 saturated heterocycles. The van der Waals surface area contributed by atoms with Gasteiger partial charge in [0.1, 0.15) is 11.6 Å². The van der Waals surface area contributed by atoms with E-state index in [1.54, 1.807) is 19.9 Å². The molecule has 3 aromatic carbocycles. The minimum Gasteiger partial charge on any atom is -0.305 e. The van der Waals surface area contributed by atoms with E-state index in [9.17, 15) is 19.3 Å². The number of halogens is 3. The van der Waals surface area contributed by atoms with Crippen LogP contribution in [-0.2, 0) is 6.42 Å². The molecule has 0 aromatic heterocycles. The minimum absolute atomic E-state index is 0.0927. The Morgan fingerprint density at radius 1 is 0.941 bits per heavy atom. The summed E-state index contributed by atoms with van der Waals surface area (Å²) in [5, 5.41) is 23.4. The number of nitriles is 2. The van der Waals surface area contributed by atoms with Gasteiger partial charge < -0.3 is 5.32 Å². The Balaban J connectivity index is 2.02. The summed E-state index contributed by atoms with van der Waals surface area (Å²) in [6.45, 7) is 5.46. The predicted molar refractivity (Wildman–Crippen MR) is 130 cm³/mol. The number of benzene rings is 3. The molecule has 0 aliphatic carbocycles. The average Bonchev–Trinajstić information content (AvgIpc) is 2.81. The van der Waals surface area contributed by atoms with Crippen molar-refractivity contribution < 1.29 is 8.78 Å². The van der Waals surface area contributed by atoms with Gasteiger partial charge in [0.15, 0.2) is 0 Å². The SMILES string of the molecule is CC(N[C@@H](c1cc(F)cc(F)c1)C(C)(C)C#N)C(Cc1ccc(Cl)cc1)c1cccc(C#N)c1. The molecule has 3 rings (SSSR count). The zero-order valence-electron chi connectivity index (χ0n) is 19.3. The molecular weight excluding hydrogens is 452 g/mol. The lowest BCUT2D eigenvalue weighted by molar-refractivity contribution is 0.279. The molecule has 0 spiro atoms. The van der Waals surface area contributed by atoms with Crippen LogP contribution in [0.3, 0.4) is 0 Å². The van der Waals surface area contributed by atoms with Crippen LogP contribution in [-0.4, -0.2) is 6.04 Å². The summed E-state index contributed by atoms with van der Waals surface area (Å²) in [5.41, 5.74) is 1.97. The van der Waals surface area contributed by atoms with E-state index < -0.39 is 23.1 Å². The van der Waals surface area contributed by atoms with Gasteiger partial charge in [-0.2, -0.15) is 10.5 Å². The summed E-state index contributed by atoms with van der Waals surface area (Å²) in [5.74, 6) is -1.48. The third-order valence-electron chi connectivity index (χ3n) is 6.07. The normalized spacial score (nSPS) is 14.0. The van der Waals surface area contributed by atoms with E-state index in [0.717, 1.165) is 17.2 Å². The van der Waals surface area contributed by atoms with Gasteiger partial charge in [-0.05, 0) is 80.3 Å². The summed E-state index contributed by atoms with van der Waals surface area (Å²) in [6, 6.07) is 21.9. The van der Waals surface area contributed by atoms with Gasteiger partial charge >= 0.3 is 0 Å². The molecule has 0 amide bonds. The number of hydrogen-bond acceptors (Lipinski definition) is 3. The van der Waals surface area contributed by atoms with Crippen molar-refractivity contribution in [3.05, 3.63) is 106 Å². The van der Waals surface area contributed by atoms with Crippen molar-refractivity contribution in [3.8, 4) is 12.1 Å². The lowest BCUT2D eigenvalue weighted by Crippen LogP contribution is -2.42. The second-order valence-corrected chi connectivity index (χ2v) is 9.54. The molecule has 174 valence electrons. The monoisotopic (exact) mass is 477 g/mol. The fourth-order valence-corrected chi connectivity index (χ4v) is 4.33. The first-order chi connectivity index (χ1) is 16.1. The molecule has 2 unspecified atom stereocenters. The van der Waals surface area contributed by atoms with E-state index >= 15 is 0 Å². The zero-order chi connectivity index (χ0) is 24.9. The van der Waals surface area contributed by atoms with E-state index in [0.29, 0.717) is 22.6 Å². The average molecular weight is 478 g/mol. The van der Waals surface area contributed by atoms with Crippen LogP contribution in [0.5, 0.6) is 0 Å². The van der Waals surface area contributed by atoms with Gasteiger partial charge in [-0.1, -0.05) is 35.9 Å². The van der Waals surface area contributed by atoms with Gasteiger partial charge in [-0.15, -0.1) is 0 Å². The Bertz CT molecular complexity index is 1210. The third-order valence-corrected chi connectivity index (χ3v) is 6.33. The Morgan fingerprint density at radius 2 is 1.59 bits per heavy atom. The van der Waals surface area contributed by atoms with Gasteiger partial charge in [-0.3, -0.25) is 0 Å². The molecule has 0 radical (unpaired) electrons. The largest absolute Gasteiger partial charge is 0.305 e. The first-order valence-electron chi connectivity index (χ1n) is 11.0. The molecule has 0 aliphatic rings. The van der Waals surface area contributed by atoms with Gasteiger partial charge in [0.2, 0.25) is 0 Å². The molecule has 3 atom stereocenters. The van der Waals surface area contributed by atoms with Crippen molar-refractivity contribution in [2.24, 2.45) is 5.41 Å². The third kappa shape index (κ3) is 6.20. The Morgan fingerprint density at radius 3 is 2.18 bits per heavy atom. The highest BCUT2D eigenvalue weighted by Gasteiger charge is 2.34. The summed E-state index contributed by atoms with van der Waals surface area (Å²) in [7, 11) is 0. The molecule has 0 aliphatic heterocycles. The molecule has 0 bridgehead atoms. The highest BCUT2D eigenvalue weighted by Crippen LogP contribution is 2.36. The second kappa shape index (κ2) is 10.8. The second-order valence-electron chi connectivity index (χ2n) is 9.10. The Labute approximate surface area is 204 Å². The quantitative estimate of drug-likeness (QED) is 0.377. The molecule has 1 N–H and O–H groups in total. The molecule has 34 heavy (non-hydrogen) atoms. The van der Waals surface area contributed by atoms with Crippen molar-refractivity contribution >= 4 is 11.6 Å². The van der Waals surface area contributed by atoms with E-state index in [1.165, 1.54) is 12.1 Å². The van der Waals surface area contributed by atoms with Crippen LogP contribution in [0.15, 0.2) is 66.7 Å². The number of nitrogens with zero attached hydrogens (tertiary/aromatic N) is 2. The fraction of sp³-hybridized carbons (Fsp3) is 0.286. The van der Waals surface area contributed by atoms with E-state index in [1.807, 2.05) is 49.4 Å². The fourth-order valence-electron chi connectivity index (χ4n) is 4.20. The van der Waals surface area contributed by atoms with Gasteiger partial charge in [-0.25, -0.2) is 8.78 Å². The predicted octanol–water partition coefficient (Wildman–Crippen LogP) is 7.09. The molecule has 0 heterocycles. The van der Waals surface area contributed by atoms with Crippen LogP contribution in [0.1, 0.15) is 55.0 Å². The summed E-state index contributed by atoms with van der Waals surface area (Å²) in [4.78, 5) is 0. The van der Waals surface area contributed by atoms with Crippen LogP contribution in [0, 0.1) is 39.7 Å². The van der Waals surface area contributed by atoms with E-state index in [-0.39, 0.29) is 12.0 Å². The van der Waals surface area contributed by atoms with Crippen LogP contribution in [0.4, 0.5) is 8.78 Å². The summed E-state index contributed by atoms with van der Waals surface area (Å²) in [6.07, 6.45) is 0.636. The number of hydrogen-bond donors (Lipinski definition) is 1. The summed E-state index contributed by atoms with van der Waals surface area (Å²) >= 11 is 6.06. The Kier molecular flexibility index (Phi) is 8.05. The van der Waals surface area contributed by atoms with Gasteiger partial charge in [0, 0.05) is 23.0 Å². The molecular formula is C28H26ClF2N3. The van der Waals surface area contributed by atoms with Crippen LogP contribution in [0.25, 0.3) is 0 Å². The van der Waals surface area contributed by atoms with Crippen molar-refractivity contribution in [3.63, 3.8) is 0 Å². The number of rotatable bonds is 8. The van der Waals surface area contributed by atoms with Crippen molar-refractivity contribution in [2.45, 2.75) is 45.2 Å². The molecule has 3 nitrogen and oxygen atoms in total. The van der Waals surface area contributed by atoms with Crippen LogP contribution >= 0.6 is 11.6 Å². The molecule has 3 aromatic rings. The van der Waals surface area contributed by atoms with Crippen molar-refractivity contribution in [1.29, 1.82) is 10.5 Å². The lowest BCUT2D eigenvalue weighted by atomic mass is 9.79. The van der Waals surface area contributed by atoms with Gasteiger partial charge in [0.25, 0.3) is 0 Å². The van der Waals surface area contributed by atoms with E-state index in [4.69, 9.17) is 11.6 Å². The van der Waals surface area contributed by atoms with Gasteiger partial charge in [0.05, 0.1) is 29.2 Å².